The number of rotatable bonds is 13. The Morgan fingerprint density at radius 2 is 1.17 bits per heavy atom. The fourth-order valence-electron chi connectivity index (χ4n) is 8.58. The SMILES string of the molecule is C=CCOC(=O)Cl.C=CCOC(=O)N1CCC(CC(=O)OCC2c3ccccc3-c3ccccc32)(C(=O)O)C1.O=C(NC1(C(=O)O)CCNC1)OCC1c2ccccc2-c2ccccc21. The summed E-state index contributed by atoms with van der Waals surface area (Å²) in [5.74, 6) is -2.90. The Labute approximate surface area is 381 Å². The van der Waals surface area contributed by atoms with Gasteiger partial charge in [-0.1, -0.05) is 122 Å². The van der Waals surface area contributed by atoms with Crippen LogP contribution >= 0.6 is 11.6 Å². The Morgan fingerprint density at radius 1 is 0.692 bits per heavy atom. The standard InChI is InChI=1S/C25H25NO6.C20H20N2O4.C4H5ClO2/c1-2-13-31-24(30)26-12-11-25(16-26,23(28)29)14-22(27)32-15-21-19-9-5-3-7-17(19)18-8-4-6-10-20(18)21;23-18(24)20(9-10-21-12-20)22-19(25)26-11-17-15-7-3-1-5-13(15)14-6-2-4-8-16(14)17;1-2-3-7-4(5)6/h2-10,21H,1,11-16H2,(H,28,29);1-8,17,21H,9-12H2,(H,22,25)(H,23,24);2H,1,3H2. The first-order valence-electron chi connectivity index (χ1n) is 20.9. The first kappa shape index (κ1) is 47.5. The molecule has 2 aliphatic carbocycles. The van der Waals surface area contributed by atoms with Crippen molar-refractivity contribution in [3.63, 3.8) is 0 Å². The zero-order valence-electron chi connectivity index (χ0n) is 35.5. The molecule has 8 rings (SSSR count). The van der Waals surface area contributed by atoms with Crippen LogP contribution in [0.4, 0.5) is 14.4 Å². The second-order valence-corrected chi connectivity index (χ2v) is 16.1. The van der Waals surface area contributed by atoms with Crippen LogP contribution in [-0.2, 0) is 33.3 Å². The van der Waals surface area contributed by atoms with Crippen LogP contribution in [0.25, 0.3) is 22.3 Å². The van der Waals surface area contributed by atoms with Gasteiger partial charge in [0.15, 0.2) is 5.54 Å². The maximum atomic E-state index is 12.7. The number of fused-ring (bicyclic) bond motifs is 6. The highest BCUT2D eigenvalue weighted by Gasteiger charge is 2.49. The van der Waals surface area contributed by atoms with E-state index < -0.39 is 46.5 Å². The number of esters is 1. The molecule has 0 bridgehead atoms. The summed E-state index contributed by atoms with van der Waals surface area (Å²) in [6.07, 6.45) is 1.78. The number of benzene rings is 4. The number of ether oxygens (including phenoxy) is 4. The zero-order valence-corrected chi connectivity index (χ0v) is 36.3. The molecule has 4 aromatic rings. The van der Waals surface area contributed by atoms with Crippen LogP contribution in [-0.4, -0.2) is 109 Å². The lowest BCUT2D eigenvalue weighted by Gasteiger charge is -2.24. The van der Waals surface area contributed by atoms with E-state index in [0.717, 1.165) is 44.5 Å². The van der Waals surface area contributed by atoms with Crippen molar-refractivity contribution in [2.24, 2.45) is 5.41 Å². The van der Waals surface area contributed by atoms with E-state index in [1.807, 2.05) is 84.9 Å². The zero-order chi connectivity index (χ0) is 46.6. The molecule has 2 unspecified atom stereocenters. The van der Waals surface area contributed by atoms with Gasteiger partial charge in [0, 0.05) is 43.1 Å². The summed E-state index contributed by atoms with van der Waals surface area (Å²) in [7, 11) is 0. The van der Waals surface area contributed by atoms with E-state index in [2.05, 4.69) is 40.7 Å². The molecule has 2 saturated heterocycles. The molecule has 2 amide bonds. The van der Waals surface area contributed by atoms with Crippen LogP contribution in [0.3, 0.4) is 0 Å². The van der Waals surface area contributed by atoms with Gasteiger partial charge in [-0.05, 0) is 63.9 Å². The largest absolute Gasteiger partial charge is 0.481 e. The van der Waals surface area contributed by atoms with Crippen LogP contribution < -0.4 is 10.6 Å². The minimum absolute atomic E-state index is 0.0434. The molecule has 4 N–H and O–H groups in total. The van der Waals surface area contributed by atoms with Gasteiger partial charge in [-0.3, -0.25) is 9.59 Å². The number of alkyl carbamates (subject to hydrolysis) is 1. The van der Waals surface area contributed by atoms with Gasteiger partial charge in [0.1, 0.15) is 26.4 Å². The number of likely N-dealkylation sites (tertiary alicyclic amines) is 1. The van der Waals surface area contributed by atoms with E-state index in [0.29, 0.717) is 13.0 Å². The Balaban J connectivity index is 0.000000191. The number of amides is 2. The molecular formula is C49H50ClN3O12. The number of nitrogens with zero attached hydrogens (tertiary/aromatic N) is 1. The van der Waals surface area contributed by atoms with Crippen LogP contribution in [0.1, 0.15) is 53.4 Å². The quantitative estimate of drug-likeness (QED) is 0.0439. The minimum Gasteiger partial charge on any atom is -0.481 e. The summed E-state index contributed by atoms with van der Waals surface area (Å²) in [5, 5.41) is 24.8. The molecule has 340 valence electrons. The summed E-state index contributed by atoms with van der Waals surface area (Å²) in [6, 6.07) is 32.2. The lowest BCUT2D eigenvalue weighted by molar-refractivity contribution is -0.157. The number of aliphatic carboxylic acids is 2. The third kappa shape index (κ3) is 11.0. The van der Waals surface area contributed by atoms with Crippen LogP contribution in [0.5, 0.6) is 0 Å². The molecule has 2 atom stereocenters. The molecule has 2 aliphatic heterocycles. The predicted molar refractivity (Wildman–Crippen MR) is 241 cm³/mol. The van der Waals surface area contributed by atoms with Crippen molar-refractivity contribution in [1.82, 2.24) is 15.5 Å². The number of hydrogen-bond acceptors (Lipinski definition) is 11. The highest BCUT2D eigenvalue weighted by atomic mass is 35.5. The normalized spacial score (nSPS) is 18.7. The highest BCUT2D eigenvalue weighted by Crippen LogP contribution is 2.46. The Morgan fingerprint density at radius 3 is 1.58 bits per heavy atom. The van der Waals surface area contributed by atoms with Crippen molar-refractivity contribution in [2.75, 3.05) is 52.6 Å². The Kier molecular flexibility index (Phi) is 15.8. The maximum Gasteiger partial charge on any atom is 0.410 e. The molecule has 0 radical (unpaired) electrons. The Bertz CT molecular complexity index is 2340. The molecular weight excluding hydrogens is 858 g/mol. The number of carbonyl (C=O) groups excluding carboxylic acids is 4. The lowest BCUT2D eigenvalue weighted by Crippen LogP contribution is -2.56. The average molecular weight is 908 g/mol. The summed E-state index contributed by atoms with van der Waals surface area (Å²) in [6.45, 7) is 8.18. The van der Waals surface area contributed by atoms with E-state index in [-0.39, 0.29) is 70.7 Å². The molecule has 2 fully saturated rings. The fourth-order valence-corrected chi connectivity index (χ4v) is 8.64. The van der Waals surface area contributed by atoms with Gasteiger partial charge >= 0.3 is 35.5 Å². The number of halogens is 1. The van der Waals surface area contributed by atoms with Gasteiger partial charge in [0.2, 0.25) is 0 Å². The van der Waals surface area contributed by atoms with E-state index >= 15 is 0 Å². The summed E-state index contributed by atoms with van der Waals surface area (Å²) < 4.78 is 20.2. The average Bonchev–Trinajstić information content (AvgIpc) is 4.10. The number of carboxylic acid groups (broad SMARTS) is 2. The number of hydrogen-bond donors (Lipinski definition) is 4. The first-order chi connectivity index (χ1) is 31.3. The van der Waals surface area contributed by atoms with Gasteiger partial charge in [0.25, 0.3) is 0 Å². The van der Waals surface area contributed by atoms with Gasteiger partial charge < -0.3 is 44.7 Å². The van der Waals surface area contributed by atoms with E-state index in [4.69, 9.17) is 25.8 Å². The summed E-state index contributed by atoms with van der Waals surface area (Å²) >= 11 is 4.75. The smallest absolute Gasteiger partial charge is 0.410 e. The van der Waals surface area contributed by atoms with Gasteiger partial charge in [-0.15, -0.1) is 0 Å². The number of carboxylic acids is 2. The molecule has 4 aliphatic rings. The third-order valence-electron chi connectivity index (χ3n) is 11.8. The molecule has 15 nitrogen and oxygen atoms in total. The second-order valence-electron chi connectivity index (χ2n) is 15.8. The van der Waals surface area contributed by atoms with Crippen molar-refractivity contribution in [3.8, 4) is 22.3 Å². The van der Waals surface area contributed by atoms with Crippen LogP contribution in [0.15, 0.2) is 122 Å². The van der Waals surface area contributed by atoms with Crippen molar-refractivity contribution < 1.29 is 57.9 Å². The van der Waals surface area contributed by atoms with Crippen molar-refractivity contribution in [2.45, 2.75) is 36.6 Å². The maximum absolute atomic E-state index is 12.7. The lowest BCUT2D eigenvalue weighted by atomic mass is 9.83. The molecule has 4 aromatic carbocycles. The molecule has 16 heteroatoms. The van der Waals surface area contributed by atoms with Gasteiger partial charge in [-0.2, -0.15) is 0 Å². The van der Waals surface area contributed by atoms with Crippen molar-refractivity contribution >= 4 is 47.1 Å². The topological polar surface area (TPSA) is 207 Å². The number of carbonyl (C=O) groups is 6. The summed E-state index contributed by atoms with van der Waals surface area (Å²) in [4.78, 5) is 71.6. The molecule has 0 saturated carbocycles. The fraction of sp³-hybridized carbons (Fsp3) is 0.306. The highest BCUT2D eigenvalue weighted by molar-refractivity contribution is 6.61. The first-order valence-corrected chi connectivity index (χ1v) is 21.3. The third-order valence-corrected chi connectivity index (χ3v) is 11.9. The molecule has 0 aromatic heterocycles. The Hall–Kier alpha value is -6.97. The predicted octanol–water partition coefficient (Wildman–Crippen LogP) is 7.72. The summed E-state index contributed by atoms with van der Waals surface area (Å²) in [5.41, 5.74) is 5.51. The van der Waals surface area contributed by atoms with Crippen LogP contribution in [0, 0.1) is 5.41 Å². The van der Waals surface area contributed by atoms with Gasteiger partial charge in [0.05, 0.1) is 11.8 Å². The minimum atomic E-state index is -1.38. The number of nitrogens with one attached hydrogen (secondary N) is 2. The molecule has 65 heavy (non-hydrogen) atoms. The second kappa shape index (κ2) is 21.6. The monoisotopic (exact) mass is 907 g/mol. The van der Waals surface area contributed by atoms with Crippen molar-refractivity contribution in [1.29, 1.82) is 0 Å². The van der Waals surface area contributed by atoms with Gasteiger partial charge in [-0.25, -0.2) is 19.2 Å². The van der Waals surface area contributed by atoms with E-state index in [1.54, 1.807) is 0 Å². The van der Waals surface area contributed by atoms with Crippen molar-refractivity contribution in [3.05, 3.63) is 145 Å². The van der Waals surface area contributed by atoms with Crippen LogP contribution in [0.2, 0.25) is 0 Å². The molecule has 0 spiro atoms. The molecule has 2 heterocycles. The van der Waals surface area contributed by atoms with E-state index in [9.17, 15) is 39.0 Å². The van der Waals surface area contributed by atoms with E-state index in [1.165, 1.54) is 17.1 Å².